The summed E-state index contributed by atoms with van der Waals surface area (Å²) in [7, 11) is 0. The first-order valence-electron chi connectivity index (χ1n) is 12.4. The molecule has 0 spiro atoms. The molecule has 0 amide bonds. The number of nitrogens with one attached hydrogen (secondary N) is 1. The molecule has 3 aromatic heterocycles. The number of unbranched alkanes of at least 4 members (excludes halogenated alkanes) is 2. The quantitative estimate of drug-likeness (QED) is 0.174. The van der Waals surface area contributed by atoms with Gasteiger partial charge in [0, 0.05) is 18.9 Å². The normalized spacial score (nSPS) is 12.0. The summed E-state index contributed by atoms with van der Waals surface area (Å²) < 4.78 is 133. The number of aryl methyl sites for hydroxylation is 1. The molecule has 0 unspecified atom stereocenters. The Morgan fingerprint density at radius 3 is 2.20 bits per heavy atom. The van der Waals surface area contributed by atoms with Crippen molar-refractivity contribution in [1.29, 1.82) is 0 Å². The van der Waals surface area contributed by atoms with Gasteiger partial charge in [0.2, 0.25) is 0 Å². The number of rotatable bonds is 8. The van der Waals surface area contributed by atoms with Crippen LogP contribution >= 0.6 is 0 Å². The summed E-state index contributed by atoms with van der Waals surface area (Å²) in [5.41, 5.74) is 4.08. The second-order valence-corrected chi connectivity index (χ2v) is 9.04. The molecule has 0 fully saturated rings. The van der Waals surface area contributed by atoms with Crippen LogP contribution in [0.3, 0.4) is 0 Å². The molecule has 0 radical (unpaired) electrons. The van der Waals surface area contributed by atoms with Crippen molar-refractivity contribution >= 4 is 22.3 Å². The van der Waals surface area contributed by atoms with E-state index < -0.39 is 81.1 Å². The van der Waals surface area contributed by atoms with Gasteiger partial charge >= 0.3 is 19.0 Å². The minimum Gasteiger partial charge on any atom is -0.397 e. The highest BCUT2D eigenvalue weighted by molar-refractivity contribution is 5.86. The number of halogens is 10. The van der Waals surface area contributed by atoms with E-state index in [0.717, 1.165) is 16.8 Å². The lowest BCUT2D eigenvalue weighted by atomic mass is 10.1. The number of H-pyrrole nitrogens is 1. The minimum atomic E-state index is -4.82. The largest absolute Gasteiger partial charge is 0.423 e. The Bertz CT molecular complexity index is 1770. The number of ether oxygens (including phenoxy) is 1. The van der Waals surface area contributed by atoms with Crippen LogP contribution in [0.4, 0.5) is 55.4 Å². The zero-order chi connectivity index (χ0) is 33.7. The van der Waals surface area contributed by atoms with Crippen LogP contribution in [0.1, 0.15) is 30.4 Å². The van der Waals surface area contributed by atoms with Crippen LogP contribution < -0.4 is 22.6 Å². The first-order valence-corrected chi connectivity index (χ1v) is 12.4. The minimum absolute atomic E-state index is 0.0162. The Balaban J connectivity index is 0.000000385. The van der Waals surface area contributed by atoms with Crippen molar-refractivity contribution in [2.75, 3.05) is 18.1 Å². The lowest BCUT2D eigenvalue weighted by Gasteiger charge is -2.12. The van der Waals surface area contributed by atoms with E-state index in [2.05, 4.69) is 19.8 Å². The van der Waals surface area contributed by atoms with Crippen molar-refractivity contribution < 1.29 is 48.6 Å². The summed E-state index contributed by atoms with van der Waals surface area (Å²) in [5, 5.41) is 4.17. The molecule has 0 bridgehead atoms. The second-order valence-electron chi connectivity index (χ2n) is 9.04. The van der Waals surface area contributed by atoms with Crippen molar-refractivity contribution in [2.24, 2.45) is 0 Å². The van der Waals surface area contributed by atoms with Crippen molar-refractivity contribution in [3.63, 3.8) is 0 Å². The maximum atomic E-state index is 14.8. The molecule has 5 N–H and O–H groups in total. The third kappa shape index (κ3) is 8.46. The summed E-state index contributed by atoms with van der Waals surface area (Å²) >= 11 is 0. The standard InChI is InChI=1S/C20H17F7N4O2.C5H4F3N3O/c21-14-11(17-29-9-12(16(28)30-17)20(25,26)27)8-10-4-6-31(18(32)13(10)15(14)22)5-2-1-3-7-33-19(23)24;6-5(7,8)3-2(9)1-10-11-4(3)12/h4,6,8-9,19H,1-3,5,7H2,(H2,28,29,30);1H,(H3,9,11,12). The van der Waals surface area contributed by atoms with Gasteiger partial charge in [-0.1, -0.05) is 0 Å². The number of pyridine rings is 1. The molecular weight excluding hydrogens is 636 g/mol. The molecule has 4 aromatic rings. The number of fused-ring (bicyclic) bond motifs is 1. The number of nitrogen functional groups attached to an aromatic ring is 2. The Kier molecular flexibility index (Phi) is 10.7. The van der Waals surface area contributed by atoms with Crippen LogP contribution in [0.15, 0.2) is 40.3 Å². The Hall–Kier alpha value is -4.75. The molecule has 1 aromatic carbocycles. The zero-order valence-electron chi connectivity index (χ0n) is 22.4. The van der Waals surface area contributed by atoms with Gasteiger partial charge in [0.25, 0.3) is 11.1 Å². The van der Waals surface area contributed by atoms with Gasteiger partial charge in [0.1, 0.15) is 16.9 Å². The highest BCUT2D eigenvalue weighted by atomic mass is 19.4. The number of nitrogens with two attached hydrogens (primary N) is 2. The molecule has 0 aliphatic carbocycles. The molecular formula is C25H21F10N7O3. The SMILES string of the molecule is Nc1cn[nH]c(=O)c1C(F)(F)F.Nc1nc(-c2cc3ccn(CCCCCOC(F)F)c(=O)c3c(F)c2F)ncc1C(F)(F)F. The number of hydrogen-bond donors (Lipinski definition) is 3. The van der Waals surface area contributed by atoms with E-state index in [1.54, 1.807) is 5.10 Å². The lowest BCUT2D eigenvalue weighted by Crippen LogP contribution is -2.24. The summed E-state index contributed by atoms with van der Waals surface area (Å²) in [6.07, 6.45) is -5.93. The highest BCUT2D eigenvalue weighted by Crippen LogP contribution is 2.34. The van der Waals surface area contributed by atoms with Gasteiger partial charge in [-0.25, -0.2) is 23.8 Å². The third-order valence-electron chi connectivity index (χ3n) is 5.97. The fourth-order valence-corrected chi connectivity index (χ4v) is 3.90. The molecule has 0 aliphatic heterocycles. The number of hydrogen-bond acceptors (Lipinski definition) is 8. The van der Waals surface area contributed by atoms with Crippen molar-refractivity contribution in [1.82, 2.24) is 24.7 Å². The van der Waals surface area contributed by atoms with Crippen LogP contribution in [0.5, 0.6) is 0 Å². The van der Waals surface area contributed by atoms with Crippen molar-refractivity contribution in [2.45, 2.75) is 44.8 Å². The van der Waals surface area contributed by atoms with E-state index in [9.17, 15) is 53.5 Å². The number of aromatic nitrogens is 5. The molecule has 10 nitrogen and oxygen atoms in total. The third-order valence-corrected chi connectivity index (χ3v) is 5.97. The van der Waals surface area contributed by atoms with Gasteiger partial charge in [-0.3, -0.25) is 9.59 Å². The molecule has 0 atom stereocenters. The monoisotopic (exact) mass is 657 g/mol. The molecule has 244 valence electrons. The van der Waals surface area contributed by atoms with Crippen LogP contribution in [-0.2, 0) is 23.6 Å². The van der Waals surface area contributed by atoms with Crippen LogP contribution in [0.25, 0.3) is 22.2 Å². The summed E-state index contributed by atoms with van der Waals surface area (Å²) in [5.74, 6) is -4.55. The van der Waals surface area contributed by atoms with Gasteiger partial charge in [0.05, 0.1) is 29.4 Å². The number of nitrogens with zero attached hydrogens (tertiary/aromatic N) is 4. The van der Waals surface area contributed by atoms with E-state index in [1.807, 2.05) is 0 Å². The molecule has 0 aliphatic rings. The number of alkyl halides is 8. The summed E-state index contributed by atoms with van der Waals surface area (Å²) in [4.78, 5) is 30.1. The van der Waals surface area contributed by atoms with E-state index >= 15 is 0 Å². The smallest absolute Gasteiger partial charge is 0.397 e. The fourth-order valence-electron chi connectivity index (χ4n) is 3.90. The van der Waals surface area contributed by atoms with Crippen molar-refractivity contribution in [3.8, 4) is 11.4 Å². The van der Waals surface area contributed by atoms with Gasteiger partial charge in [-0.05, 0) is 36.8 Å². The average Bonchev–Trinajstić information content (AvgIpc) is 2.92. The molecule has 45 heavy (non-hydrogen) atoms. The van der Waals surface area contributed by atoms with Crippen LogP contribution in [0, 0.1) is 11.6 Å². The van der Waals surface area contributed by atoms with E-state index in [1.165, 1.54) is 12.3 Å². The average molecular weight is 657 g/mol. The lowest BCUT2D eigenvalue weighted by molar-refractivity contribution is -0.138. The fraction of sp³-hybridized carbons (Fsp3) is 0.320. The molecule has 20 heteroatoms. The maximum absolute atomic E-state index is 14.8. The van der Waals surface area contributed by atoms with E-state index in [-0.39, 0.29) is 18.5 Å². The number of aromatic amines is 1. The molecule has 4 rings (SSSR count). The Morgan fingerprint density at radius 1 is 0.956 bits per heavy atom. The summed E-state index contributed by atoms with van der Waals surface area (Å²) in [6.45, 7) is -2.88. The van der Waals surface area contributed by atoms with E-state index in [0.29, 0.717) is 25.5 Å². The number of benzene rings is 1. The zero-order valence-corrected chi connectivity index (χ0v) is 22.4. The molecule has 3 heterocycles. The molecule has 0 saturated heterocycles. The predicted octanol–water partition coefficient (Wildman–Crippen LogP) is 5.12. The summed E-state index contributed by atoms with van der Waals surface area (Å²) in [6, 6.07) is 2.37. The predicted molar refractivity (Wildman–Crippen MR) is 139 cm³/mol. The van der Waals surface area contributed by atoms with Crippen LogP contribution in [-0.4, -0.2) is 38.0 Å². The topological polar surface area (TPSA) is 155 Å². The first kappa shape index (κ1) is 34.7. The maximum Gasteiger partial charge on any atom is 0.423 e. The van der Waals surface area contributed by atoms with Crippen LogP contribution in [0.2, 0.25) is 0 Å². The molecule has 0 saturated carbocycles. The number of anilines is 2. The van der Waals surface area contributed by atoms with Gasteiger partial charge < -0.3 is 20.8 Å². The van der Waals surface area contributed by atoms with Gasteiger partial charge in [-0.15, -0.1) is 0 Å². The Morgan fingerprint density at radius 2 is 1.64 bits per heavy atom. The van der Waals surface area contributed by atoms with Crippen molar-refractivity contribution in [3.05, 3.63) is 74.2 Å². The Labute approximate surface area is 244 Å². The van der Waals surface area contributed by atoms with E-state index in [4.69, 9.17) is 11.5 Å². The van der Waals surface area contributed by atoms with Gasteiger partial charge in [0.15, 0.2) is 17.5 Å². The second kappa shape index (κ2) is 13.9. The highest BCUT2D eigenvalue weighted by Gasteiger charge is 2.36. The first-order chi connectivity index (χ1) is 20.9. The van der Waals surface area contributed by atoms with Gasteiger partial charge in [-0.2, -0.15) is 40.2 Å².